The summed E-state index contributed by atoms with van der Waals surface area (Å²) in [5, 5.41) is 7.59. The Morgan fingerprint density at radius 1 is 1.20 bits per heavy atom. The van der Waals surface area contributed by atoms with E-state index in [9.17, 15) is 8.78 Å². The highest BCUT2D eigenvalue weighted by Gasteiger charge is 2.04. The van der Waals surface area contributed by atoms with Crippen molar-refractivity contribution in [3.05, 3.63) is 42.2 Å². The summed E-state index contributed by atoms with van der Waals surface area (Å²) in [6.45, 7) is 1.90. The van der Waals surface area contributed by atoms with E-state index in [4.69, 9.17) is 0 Å². The predicted octanol–water partition coefficient (Wildman–Crippen LogP) is 3.68. The first-order valence-corrected chi connectivity index (χ1v) is 6.37. The van der Waals surface area contributed by atoms with Gasteiger partial charge in [-0.3, -0.25) is 4.68 Å². The van der Waals surface area contributed by atoms with Crippen LogP contribution in [0.3, 0.4) is 0 Å². The molecule has 0 atom stereocenters. The zero-order valence-corrected chi connectivity index (χ0v) is 11.4. The average molecular weight is 281 g/mol. The highest BCUT2D eigenvalue weighted by Crippen LogP contribution is 2.18. The molecule has 108 valence electrons. The van der Waals surface area contributed by atoms with Crippen LogP contribution < -0.4 is 10.1 Å². The number of hydrogen-bond donors (Lipinski definition) is 1. The SMILES string of the molecule is CC(C)n1ccc(CNc2ccc(OC(F)F)cc2)n1. The smallest absolute Gasteiger partial charge is 0.387 e. The van der Waals surface area contributed by atoms with Gasteiger partial charge in [0.15, 0.2) is 0 Å². The van der Waals surface area contributed by atoms with Gasteiger partial charge in [0.05, 0.1) is 12.2 Å². The summed E-state index contributed by atoms with van der Waals surface area (Å²) in [6, 6.07) is 8.66. The van der Waals surface area contributed by atoms with Crippen LogP contribution in [0.25, 0.3) is 0 Å². The van der Waals surface area contributed by atoms with E-state index in [2.05, 4.69) is 29.0 Å². The number of hydrogen-bond acceptors (Lipinski definition) is 3. The Bertz CT molecular complexity index is 538. The average Bonchev–Trinajstić information content (AvgIpc) is 2.86. The van der Waals surface area contributed by atoms with Gasteiger partial charge in [0.1, 0.15) is 5.75 Å². The van der Waals surface area contributed by atoms with E-state index in [0.29, 0.717) is 12.6 Å². The first kappa shape index (κ1) is 14.3. The lowest BCUT2D eigenvalue weighted by molar-refractivity contribution is -0.0498. The van der Waals surface area contributed by atoms with Gasteiger partial charge in [-0.2, -0.15) is 13.9 Å². The monoisotopic (exact) mass is 281 g/mol. The largest absolute Gasteiger partial charge is 0.435 e. The number of anilines is 1. The lowest BCUT2D eigenvalue weighted by Gasteiger charge is -2.07. The van der Waals surface area contributed by atoms with E-state index < -0.39 is 6.61 Å². The van der Waals surface area contributed by atoms with Gasteiger partial charge in [-0.15, -0.1) is 0 Å². The topological polar surface area (TPSA) is 39.1 Å². The van der Waals surface area contributed by atoms with E-state index in [1.54, 1.807) is 12.1 Å². The molecule has 1 aromatic carbocycles. The molecule has 0 bridgehead atoms. The molecule has 0 aliphatic heterocycles. The molecule has 0 spiro atoms. The van der Waals surface area contributed by atoms with Crippen LogP contribution in [0.5, 0.6) is 5.75 Å². The number of rotatable bonds is 6. The molecule has 0 aliphatic carbocycles. The fraction of sp³-hybridized carbons (Fsp3) is 0.357. The second kappa shape index (κ2) is 6.36. The summed E-state index contributed by atoms with van der Waals surface area (Å²) in [5.41, 5.74) is 1.75. The van der Waals surface area contributed by atoms with Crippen LogP contribution in [-0.4, -0.2) is 16.4 Å². The molecule has 0 saturated carbocycles. The fourth-order valence-corrected chi connectivity index (χ4v) is 1.71. The van der Waals surface area contributed by atoms with Gasteiger partial charge in [-0.25, -0.2) is 0 Å². The molecule has 6 heteroatoms. The van der Waals surface area contributed by atoms with Crippen molar-refractivity contribution < 1.29 is 13.5 Å². The molecule has 0 aliphatic rings. The summed E-state index contributed by atoms with van der Waals surface area (Å²) in [7, 11) is 0. The van der Waals surface area contributed by atoms with E-state index >= 15 is 0 Å². The predicted molar refractivity (Wildman–Crippen MR) is 73.0 cm³/mol. The lowest BCUT2D eigenvalue weighted by atomic mass is 10.3. The third-order valence-corrected chi connectivity index (χ3v) is 2.75. The van der Waals surface area contributed by atoms with E-state index in [-0.39, 0.29) is 5.75 Å². The van der Waals surface area contributed by atoms with E-state index in [0.717, 1.165) is 11.4 Å². The Morgan fingerprint density at radius 3 is 2.45 bits per heavy atom. The highest BCUT2D eigenvalue weighted by molar-refractivity contribution is 5.46. The zero-order valence-electron chi connectivity index (χ0n) is 11.4. The molecule has 0 saturated heterocycles. The molecule has 0 radical (unpaired) electrons. The Morgan fingerprint density at radius 2 is 1.90 bits per heavy atom. The van der Waals surface area contributed by atoms with Crippen molar-refractivity contribution in [1.82, 2.24) is 9.78 Å². The maximum Gasteiger partial charge on any atom is 0.387 e. The Hall–Kier alpha value is -2.11. The molecule has 1 N–H and O–H groups in total. The van der Waals surface area contributed by atoms with Crippen molar-refractivity contribution in [1.29, 1.82) is 0 Å². The summed E-state index contributed by atoms with van der Waals surface area (Å²) < 4.78 is 30.2. The quantitative estimate of drug-likeness (QED) is 0.878. The molecule has 0 amide bonds. The molecule has 2 aromatic rings. The fourth-order valence-electron chi connectivity index (χ4n) is 1.71. The minimum Gasteiger partial charge on any atom is -0.435 e. The van der Waals surface area contributed by atoms with Crippen LogP contribution in [0.4, 0.5) is 14.5 Å². The molecule has 2 rings (SSSR count). The third-order valence-electron chi connectivity index (χ3n) is 2.75. The van der Waals surface area contributed by atoms with Gasteiger partial charge in [-0.05, 0) is 44.2 Å². The van der Waals surface area contributed by atoms with Gasteiger partial charge < -0.3 is 10.1 Å². The van der Waals surface area contributed by atoms with Crippen LogP contribution in [-0.2, 0) is 6.54 Å². The third kappa shape index (κ3) is 3.94. The minimum atomic E-state index is -2.80. The van der Waals surface area contributed by atoms with Crippen molar-refractivity contribution in [3.8, 4) is 5.75 Å². The first-order chi connectivity index (χ1) is 9.54. The molecular formula is C14H17F2N3O. The number of ether oxygens (including phenoxy) is 1. The van der Waals surface area contributed by atoms with Gasteiger partial charge in [0.2, 0.25) is 0 Å². The van der Waals surface area contributed by atoms with Crippen LogP contribution in [0.15, 0.2) is 36.5 Å². The first-order valence-electron chi connectivity index (χ1n) is 6.37. The Labute approximate surface area is 116 Å². The molecule has 0 fully saturated rings. The Balaban J connectivity index is 1.90. The van der Waals surface area contributed by atoms with Gasteiger partial charge in [0.25, 0.3) is 0 Å². The van der Waals surface area contributed by atoms with Gasteiger partial charge in [0, 0.05) is 17.9 Å². The molecule has 1 aromatic heterocycles. The second-order valence-electron chi connectivity index (χ2n) is 4.64. The van der Waals surface area contributed by atoms with Gasteiger partial charge >= 0.3 is 6.61 Å². The number of aromatic nitrogens is 2. The van der Waals surface area contributed by atoms with Crippen molar-refractivity contribution in [3.63, 3.8) is 0 Å². The summed E-state index contributed by atoms with van der Waals surface area (Å²) >= 11 is 0. The van der Waals surface area contributed by atoms with Crippen molar-refractivity contribution >= 4 is 5.69 Å². The normalized spacial score (nSPS) is 11.1. The molecular weight excluding hydrogens is 264 g/mol. The van der Waals surface area contributed by atoms with E-state index in [1.165, 1.54) is 12.1 Å². The summed E-state index contributed by atoms with van der Waals surface area (Å²) in [5.74, 6) is 0.148. The maximum atomic E-state index is 12.0. The van der Waals surface area contributed by atoms with Crippen LogP contribution >= 0.6 is 0 Å². The number of benzene rings is 1. The Kier molecular flexibility index (Phi) is 4.55. The summed E-state index contributed by atoms with van der Waals surface area (Å²) in [6.07, 6.45) is 1.93. The van der Waals surface area contributed by atoms with Crippen LogP contribution in [0, 0.1) is 0 Å². The zero-order chi connectivity index (χ0) is 14.5. The highest BCUT2D eigenvalue weighted by atomic mass is 19.3. The minimum absolute atomic E-state index is 0.148. The van der Waals surface area contributed by atoms with E-state index in [1.807, 2.05) is 16.9 Å². The second-order valence-corrected chi connectivity index (χ2v) is 4.64. The van der Waals surface area contributed by atoms with Crippen LogP contribution in [0.1, 0.15) is 25.6 Å². The van der Waals surface area contributed by atoms with Crippen molar-refractivity contribution in [2.24, 2.45) is 0 Å². The lowest BCUT2D eigenvalue weighted by Crippen LogP contribution is -2.05. The summed E-state index contributed by atoms with van der Waals surface area (Å²) in [4.78, 5) is 0. The van der Waals surface area contributed by atoms with Crippen LogP contribution in [0.2, 0.25) is 0 Å². The van der Waals surface area contributed by atoms with Crippen molar-refractivity contribution in [2.75, 3.05) is 5.32 Å². The maximum absolute atomic E-state index is 12.0. The number of alkyl halides is 2. The van der Waals surface area contributed by atoms with Gasteiger partial charge in [-0.1, -0.05) is 0 Å². The number of nitrogens with one attached hydrogen (secondary N) is 1. The molecule has 4 nitrogen and oxygen atoms in total. The molecule has 1 heterocycles. The standard InChI is InChI=1S/C14H17F2N3O/c1-10(2)19-8-7-12(18-19)9-17-11-3-5-13(6-4-11)20-14(15)16/h3-8,10,14,17H,9H2,1-2H3. The molecule has 20 heavy (non-hydrogen) atoms. The molecule has 0 unspecified atom stereocenters. The van der Waals surface area contributed by atoms with Crippen molar-refractivity contribution in [2.45, 2.75) is 33.0 Å². The number of nitrogens with zero attached hydrogens (tertiary/aromatic N) is 2. The number of halogens is 2.